The van der Waals surface area contributed by atoms with E-state index < -0.39 is 17.8 Å². The van der Waals surface area contributed by atoms with Gasteiger partial charge in [-0.1, -0.05) is 18.2 Å². The average molecular weight is 292 g/mol. The standard InChI is InChI=1S/C11H9ClF3N3O/c12-9-17-6-5-10(16,18-9)7-3-1-2-4-8(7)19-11(13,14)15/h1-6H,16H2,(H,17,18). The van der Waals surface area contributed by atoms with Crippen molar-refractivity contribution in [1.29, 1.82) is 0 Å². The Bertz CT molecular complexity index is 544. The second-order valence-corrected chi connectivity index (χ2v) is 4.11. The number of alkyl halides is 3. The molecule has 3 N–H and O–H groups in total. The van der Waals surface area contributed by atoms with Gasteiger partial charge in [0.2, 0.25) is 0 Å². The van der Waals surface area contributed by atoms with Gasteiger partial charge in [-0.25, -0.2) is 4.99 Å². The van der Waals surface area contributed by atoms with Gasteiger partial charge in [-0.2, -0.15) is 0 Å². The van der Waals surface area contributed by atoms with Crippen LogP contribution in [0.15, 0.2) is 41.5 Å². The number of ether oxygens (including phenoxy) is 1. The van der Waals surface area contributed by atoms with E-state index in [9.17, 15) is 13.2 Å². The zero-order chi connectivity index (χ0) is 14.1. The molecule has 4 nitrogen and oxygen atoms in total. The van der Waals surface area contributed by atoms with Crippen LogP contribution in [0.5, 0.6) is 5.75 Å². The van der Waals surface area contributed by atoms with Gasteiger partial charge in [0.1, 0.15) is 5.75 Å². The van der Waals surface area contributed by atoms with Crippen molar-refractivity contribution in [3.8, 4) is 5.75 Å². The van der Waals surface area contributed by atoms with Crippen molar-refractivity contribution >= 4 is 16.9 Å². The Kier molecular flexibility index (Phi) is 3.42. The fourth-order valence-electron chi connectivity index (χ4n) is 1.63. The average Bonchev–Trinajstić information content (AvgIpc) is 2.27. The molecule has 0 aromatic heterocycles. The first-order chi connectivity index (χ1) is 8.80. The molecule has 1 heterocycles. The molecule has 1 aromatic carbocycles. The Morgan fingerprint density at radius 1 is 1.32 bits per heavy atom. The van der Waals surface area contributed by atoms with Crippen LogP contribution in [-0.2, 0) is 5.66 Å². The molecular weight excluding hydrogens is 283 g/mol. The molecule has 0 fully saturated rings. The molecule has 1 atom stereocenters. The van der Waals surface area contributed by atoms with E-state index >= 15 is 0 Å². The number of hydrogen-bond donors (Lipinski definition) is 2. The van der Waals surface area contributed by atoms with Crippen molar-refractivity contribution in [2.24, 2.45) is 10.7 Å². The van der Waals surface area contributed by atoms with Crippen LogP contribution in [0.3, 0.4) is 0 Å². The summed E-state index contributed by atoms with van der Waals surface area (Å²) in [6, 6.07) is 5.50. The zero-order valence-corrected chi connectivity index (χ0v) is 10.2. The summed E-state index contributed by atoms with van der Waals surface area (Å²) < 4.78 is 40.9. The quantitative estimate of drug-likeness (QED) is 0.823. The van der Waals surface area contributed by atoms with Crippen molar-refractivity contribution in [2.45, 2.75) is 12.0 Å². The molecule has 0 radical (unpaired) electrons. The summed E-state index contributed by atoms with van der Waals surface area (Å²) in [5.41, 5.74) is 4.49. The van der Waals surface area contributed by atoms with E-state index in [1.54, 1.807) is 0 Å². The van der Waals surface area contributed by atoms with E-state index in [0.29, 0.717) is 0 Å². The number of aliphatic imine (C=N–C) groups is 1. The normalized spacial score (nSPS) is 22.7. The molecule has 19 heavy (non-hydrogen) atoms. The van der Waals surface area contributed by atoms with E-state index in [0.717, 1.165) is 6.07 Å². The van der Waals surface area contributed by atoms with Gasteiger partial charge >= 0.3 is 6.36 Å². The largest absolute Gasteiger partial charge is 0.573 e. The number of rotatable bonds is 2. The van der Waals surface area contributed by atoms with Gasteiger partial charge in [0.05, 0.1) is 0 Å². The van der Waals surface area contributed by atoms with Crippen LogP contribution in [0.2, 0.25) is 0 Å². The van der Waals surface area contributed by atoms with Crippen molar-refractivity contribution in [3.05, 3.63) is 42.1 Å². The maximum Gasteiger partial charge on any atom is 0.573 e. The fraction of sp³-hybridized carbons (Fsp3) is 0.182. The summed E-state index contributed by atoms with van der Waals surface area (Å²) in [5.74, 6) is -0.419. The molecule has 0 amide bonds. The van der Waals surface area contributed by atoms with Crippen LogP contribution in [0.25, 0.3) is 0 Å². The van der Waals surface area contributed by atoms with Crippen LogP contribution >= 0.6 is 11.6 Å². The van der Waals surface area contributed by atoms with E-state index in [1.807, 2.05) is 0 Å². The minimum Gasteiger partial charge on any atom is -0.405 e. The Balaban J connectivity index is 2.45. The summed E-state index contributed by atoms with van der Waals surface area (Å²) in [6.07, 6.45) is -2.02. The maximum absolute atomic E-state index is 12.3. The molecule has 1 unspecified atom stereocenters. The smallest absolute Gasteiger partial charge is 0.405 e. The predicted molar refractivity (Wildman–Crippen MR) is 64.6 cm³/mol. The number of nitrogens with zero attached hydrogens (tertiary/aromatic N) is 1. The molecule has 8 heteroatoms. The van der Waals surface area contributed by atoms with Crippen LogP contribution in [0, 0.1) is 0 Å². The Hall–Kier alpha value is -1.73. The van der Waals surface area contributed by atoms with Crippen molar-refractivity contribution in [1.82, 2.24) is 5.32 Å². The topological polar surface area (TPSA) is 59.6 Å². The van der Waals surface area contributed by atoms with E-state index in [1.165, 1.54) is 30.5 Å². The highest BCUT2D eigenvalue weighted by Crippen LogP contribution is 2.34. The molecule has 1 aromatic rings. The van der Waals surface area contributed by atoms with Crippen LogP contribution in [0.4, 0.5) is 13.2 Å². The number of para-hydroxylation sites is 1. The SMILES string of the molecule is NC1(c2ccccc2OC(F)(F)F)C=CNC(Cl)=N1. The van der Waals surface area contributed by atoms with E-state index in [-0.39, 0.29) is 10.9 Å². The molecular formula is C11H9ClF3N3O. The maximum atomic E-state index is 12.3. The zero-order valence-electron chi connectivity index (χ0n) is 9.41. The first-order valence-corrected chi connectivity index (χ1v) is 5.52. The Labute approximate surface area is 111 Å². The highest BCUT2D eigenvalue weighted by atomic mass is 35.5. The lowest BCUT2D eigenvalue weighted by molar-refractivity contribution is -0.275. The molecule has 1 aliphatic rings. The van der Waals surface area contributed by atoms with Gasteiger partial charge in [0.25, 0.3) is 0 Å². The third kappa shape index (κ3) is 3.18. The number of nitrogens with one attached hydrogen (secondary N) is 1. The number of hydrogen-bond acceptors (Lipinski definition) is 4. The van der Waals surface area contributed by atoms with E-state index in [2.05, 4.69) is 15.0 Å². The lowest BCUT2D eigenvalue weighted by atomic mass is 9.99. The highest BCUT2D eigenvalue weighted by molar-refractivity contribution is 6.64. The molecule has 0 saturated carbocycles. The molecule has 0 saturated heterocycles. The van der Waals surface area contributed by atoms with E-state index in [4.69, 9.17) is 17.3 Å². The molecule has 102 valence electrons. The second-order valence-electron chi connectivity index (χ2n) is 3.75. The third-order valence-corrected chi connectivity index (χ3v) is 2.56. The van der Waals surface area contributed by atoms with Crippen molar-refractivity contribution in [2.75, 3.05) is 0 Å². The van der Waals surface area contributed by atoms with Gasteiger partial charge in [-0.05, 0) is 23.7 Å². The molecule has 0 spiro atoms. The second kappa shape index (κ2) is 4.75. The van der Waals surface area contributed by atoms with Crippen LogP contribution in [0.1, 0.15) is 5.56 Å². The molecule has 0 bridgehead atoms. The Morgan fingerprint density at radius 3 is 2.63 bits per heavy atom. The molecule has 0 aliphatic carbocycles. The summed E-state index contributed by atoms with van der Waals surface area (Å²) in [7, 11) is 0. The third-order valence-electron chi connectivity index (χ3n) is 2.37. The summed E-state index contributed by atoms with van der Waals surface area (Å²) in [4.78, 5) is 3.89. The molecule has 2 rings (SSSR count). The van der Waals surface area contributed by atoms with Gasteiger partial charge in [0, 0.05) is 11.8 Å². The number of benzene rings is 1. The lowest BCUT2D eigenvalue weighted by Crippen LogP contribution is -2.38. The van der Waals surface area contributed by atoms with Crippen molar-refractivity contribution in [3.63, 3.8) is 0 Å². The minimum absolute atomic E-state index is 0.0215. The summed E-state index contributed by atoms with van der Waals surface area (Å²) in [6.45, 7) is 0. The molecule has 1 aliphatic heterocycles. The van der Waals surface area contributed by atoms with Gasteiger partial charge in [-0.3, -0.25) is 5.73 Å². The first kappa shape index (κ1) is 13.7. The number of amidine groups is 1. The summed E-state index contributed by atoms with van der Waals surface area (Å²) in [5, 5.41) is 2.54. The predicted octanol–water partition coefficient (Wildman–Crippen LogP) is 2.41. The van der Waals surface area contributed by atoms with Crippen LogP contribution in [-0.4, -0.2) is 11.7 Å². The summed E-state index contributed by atoms with van der Waals surface area (Å²) >= 11 is 5.68. The number of nitrogens with two attached hydrogens (primary N) is 1. The van der Waals surface area contributed by atoms with Crippen LogP contribution < -0.4 is 15.8 Å². The first-order valence-electron chi connectivity index (χ1n) is 5.14. The lowest BCUT2D eigenvalue weighted by Gasteiger charge is -2.27. The minimum atomic E-state index is -4.81. The highest BCUT2D eigenvalue weighted by Gasteiger charge is 2.36. The monoisotopic (exact) mass is 291 g/mol. The van der Waals surface area contributed by atoms with Gasteiger partial charge in [-0.15, -0.1) is 13.2 Å². The van der Waals surface area contributed by atoms with Crippen molar-refractivity contribution < 1.29 is 17.9 Å². The van der Waals surface area contributed by atoms with Gasteiger partial charge in [0.15, 0.2) is 11.0 Å². The number of halogens is 4. The van der Waals surface area contributed by atoms with Gasteiger partial charge < -0.3 is 10.1 Å². The fourth-order valence-corrected chi connectivity index (χ4v) is 1.83. The Morgan fingerprint density at radius 2 is 2.00 bits per heavy atom.